The molecule has 0 spiro atoms. The number of rotatable bonds is 0. The quantitative estimate of drug-likeness (QED) is 0.454. The van der Waals surface area contributed by atoms with Crippen LogP contribution in [0.5, 0.6) is 0 Å². The van der Waals surface area contributed by atoms with Crippen molar-refractivity contribution in [3.63, 3.8) is 0 Å². The molecule has 1 rings (SSSR count). The summed E-state index contributed by atoms with van der Waals surface area (Å²) in [5.74, 6) is 0.0116. The molecule has 3 nitrogen and oxygen atoms in total. The Morgan fingerprint density at radius 1 is 1.88 bits per heavy atom. The predicted molar refractivity (Wildman–Crippen MR) is 28.4 cm³/mol. The fourth-order valence-electron chi connectivity index (χ4n) is 0.675. The summed E-state index contributed by atoms with van der Waals surface area (Å²) in [5, 5.41) is 0. The van der Waals surface area contributed by atoms with Crippen LogP contribution in [0.4, 0.5) is 0 Å². The third kappa shape index (κ3) is 0.743. The molecule has 0 aliphatic carbocycles. The third-order valence-corrected chi connectivity index (χ3v) is 1.37. The molecular weight excluding hydrogens is 106 g/mol. The summed E-state index contributed by atoms with van der Waals surface area (Å²) in [6.45, 7) is 2.00. The normalized spacial score (nSPS) is 38.5. The first kappa shape index (κ1) is 5.72. The lowest BCUT2D eigenvalue weighted by Crippen LogP contribution is -2.33. The predicted octanol–water partition coefficient (Wildman–Crippen LogP) is -0.699. The number of ether oxygens (including phenoxy) is 1. The first-order chi connectivity index (χ1) is 3.72. The molecular formula is C5H9NO2. The number of hydrogen-bond donors (Lipinski definition) is 1. The Kier molecular flexibility index (Phi) is 1.31. The minimum Gasteiger partial charge on any atom is -0.369 e. The lowest BCUT2D eigenvalue weighted by atomic mass is 10.2. The van der Waals surface area contributed by atoms with Crippen LogP contribution in [-0.2, 0) is 9.53 Å². The maximum Gasteiger partial charge on any atom is 0.177 e. The van der Waals surface area contributed by atoms with Gasteiger partial charge in [-0.3, -0.25) is 4.79 Å². The lowest BCUT2D eigenvalue weighted by molar-refractivity contribution is -0.118. The van der Waals surface area contributed by atoms with Crippen LogP contribution in [0.1, 0.15) is 6.92 Å². The molecule has 2 unspecified atom stereocenters. The van der Waals surface area contributed by atoms with E-state index in [1.54, 1.807) is 6.92 Å². The molecule has 46 valence electrons. The summed E-state index contributed by atoms with van der Waals surface area (Å²) < 4.78 is 4.90. The molecule has 0 aromatic rings. The summed E-state index contributed by atoms with van der Waals surface area (Å²) in [5.41, 5.74) is 5.35. The van der Waals surface area contributed by atoms with Crippen LogP contribution >= 0.6 is 0 Å². The van der Waals surface area contributed by atoms with Crippen molar-refractivity contribution in [3.8, 4) is 0 Å². The first-order valence-electron chi connectivity index (χ1n) is 2.61. The molecule has 0 radical (unpaired) electrons. The average molecular weight is 115 g/mol. The van der Waals surface area contributed by atoms with Crippen LogP contribution in [0.25, 0.3) is 0 Å². The Morgan fingerprint density at radius 3 is 2.62 bits per heavy atom. The topological polar surface area (TPSA) is 52.3 Å². The van der Waals surface area contributed by atoms with Gasteiger partial charge in [0.05, 0.1) is 12.1 Å². The fraction of sp³-hybridized carbons (Fsp3) is 0.800. The molecule has 0 aromatic carbocycles. The van der Waals surface area contributed by atoms with E-state index in [1.807, 2.05) is 0 Å². The van der Waals surface area contributed by atoms with Crippen molar-refractivity contribution in [1.29, 1.82) is 0 Å². The van der Waals surface area contributed by atoms with Gasteiger partial charge in [-0.25, -0.2) is 0 Å². The van der Waals surface area contributed by atoms with Crippen molar-refractivity contribution in [2.45, 2.75) is 19.1 Å². The maximum atomic E-state index is 10.5. The largest absolute Gasteiger partial charge is 0.369 e. The van der Waals surface area contributed by atoms with E-state index in [0.717, 1.165) is 0 Å². The van der Waals surface area contributed by atoms with Gasteiger partial charge in [-0.15, -0.1) is 0 Å². The molecule has 3 heteroatoms. The van der Waals surface area contributed by atoms with Crippen LogP contribution in [-0.4, -0.2) is 24.5 Å². The summed E-state index contributed by atoms with van der Waals surface area (Å²) in [6, 6.07) is -0.380. The maximum absolute atomic E-state index is 10.5. The minimum atomic E-state index is -0.380. The molecule has 2 N–H and O–H groups in total. The van der Waals surface area contributed by atoms with E-state index < -0.39 is 0 Å². The highest BCUT2D eigenvalue weighted by molar-refractivity contribution is 5.87. The zero-order valence-corrected chi connectivity index (χ0v) is 4.76. The van der Waals surface area contributed by atoms with Crippen molar-refractivity contribution in [2.24, 2.45) is 5.73 Å². The van der Waals surface area contributed by atoms with E-state index in [2.05, 4.69) is 0 Å². The Morgan fingerprint density at radius 2 is 2.50 bits per heavy atom. The number of hydrogen-bond acceptors (Lipinski definition) is 3. The number of carbonyl (C=O) groups excluding carboxylic acids is 1. The number of nitrogens with two attached hydrogens (primary N) is 1. The van der Waals surface area contributed by atoms with E-state index in [9.17, 15) is 4.79 Å². The third-order valence-electron chi connectivity index (χ3n) is 1.37. The standard InChI is InChI=1S/C5H9NO2/c1-3-5(6)4(7)2-8-3/h3,5H,2,6H2,1H3. The molecule has 0 bridgehead atoms. The molecule has 1 aliphatic heterocycles. The van der Waals surface area contributed by atoms with Gasteiger partial charge in [0.15, 0.2) is 5.78 Å². The minimum absolute atomic E-state index is 0.0116. The van der Waals surface area contributed by atoms with E-state index in [1.165, 1.54) is 0 Å². The molecule has 0 amide bonds. The van der Waals surface area contributed by atoms with E-state index in [0.29, 0.717) is 0 Å². The molecule has 0 saturated carbocycles. The van der Waals surface area contributed by atoms with Gasteiger partial charge in [-0.2, -0.15) is 0 Å². The first-order valence-corrected chi connectivity index (χ1v) is 2.61. The molecule has 1 aliphatic rings. The van der Waals surface area contributed by atoms with E-state index in [4.69, 9.17) is 10.5 Å². The zero-order chi connectivity index (χ0) is 6.15. The Hall–Kier alpha value is -0.410. The summed E-state index contributed by atoms with van der Waals surface area (Å²) in [7, 11) is 0. The second-order valence-electron chi connectivity index (χ2n) is 2.01. The van der Waals surface area contributed by atoms with Crippen LogP contribution in [0.3, 0.4) is 0 Å². The monoisotopic (exact) mass is 115 g/mol. The lowest BCUT2D eigenvalue weighted by Gasteiger charge is -2.03. The van der Waals surface area contributed by atoms with Gasteiger partial charge in [0.2, 0.25) is 0 Å². The van der Waals surface area contributed by atoms with Crippen molar-refractivity contribution in [3.05, 3.63) is 0 Å². The van der Waals surface area contributed by atoms with Crippen LogP contribution in [0.2, 0.25) is 0 Å². The fourth-order valence-corrected chi connectivity index (χ4v) is 0.675. The number of carbonyl (C=O) groups is 1. The summed E-state index contributed by atoms with van der Waals surface area (Å²) >= 11 is 0. The van der Waals surface area contributed by atoms with Crippen LogP contribution in [0.15, 0.2) is 0 Å². The summed E-state index contributed by atoms with van der Waals surface area (Å²) in [6.07, 6.45) is -0.0810. The van der Waals surface area contributed by atoms with Crippen molar-refractivity contribution >= 4 is 5.78 Å². The SMILES string of the molecule is CC1OCC(=O)C1N. The number of ketones is 1. The Balaban J connectivity index is 2.56. The smallest absolute Gasteiger partial charge is 0.177 e. The second kappa shape index (κ2) is 1.84. The van der Waals surface area contributed by atoms with Crippen molar-refractivity contribution < 1.29 is 9.53 Å². The van der Waals surface area contributed by atoms with Gasteiger partial charge < -0.3 is 10.5 Å². The zero-order valence-electron chi connectivity index (χ0n) is 4.76. The van der Waals surface area contributed by atoms with Gasteiger partial charge in [0.1, 0.15) is 6.61 Å². The highest BCUT2D eigenvalue weighted by Gasteiger charge is 2.28. The summed E-state index contributed by atoms with van der Waals surface area (Å²) in [4.78, 5) is 10.5. The van der Waals surface area contributed by atoms with Crippen LogP contribution in [0, 0.1) is 0 Å². The highest BCUT2D eigenvalue weighted by atomic mass is 16.5. The molecule has 1 saturated heterocycles. The molecule has 1 heterocycles. The molecule has 2 atom stereocenters. The van der Waals surface area contributed by atoms with E-state index >= 15 is 0 Å². The molecule has 8 heavy (non-hydrogen) atoms. The van der Waals surface area contributed by atoms with Gasteiger partial charge in [-0.05, 0) is 6.92 Å². The average Bonchev–Trinajstić information content (AvgIpc) is 1.98. The van der Waals surface area contributed by atoms with E-state index in [-0.39, 0.29) is 24.5 Å². The van der Waals surface area contributed by atoms with Gasteiger partial charge in [-0.1, -0.05) is 0 Å². The van der Waals surface area contributed by atoms with Gasteiger partial charge in [0, 0.05) is 0 Å². The Labute approximate surface area is 47.8 Å². The van der Waals surface area contributed by atoms with Crippen LogP contribution < -0.4 is 5.73 Å². The van der Waals surface area contributed by atoms with Crippen molar-refractivity contribution in [2.75, 3.05) is 6.61 Å². The van der Waals surface area contributed by atoms with Gasteiger partial charge >= 0.3 is 0 Å². The molecule has 1 fully saturated rings. The number of Topliss-reactive ketones (excluding diaryl/α,β-unsaturated/α-hetero) is 1. The highest BCUT2D eigenvalue weighted by Crippen LogP contribution is 2.05. The Bertz CT molecular complexity index is 113. The molecule has 0 aromatic heterocycles. The van der Waals surface area contributed by atoms with Crippen molar-refractivity contribution in [1.82, 2.24) is 0 Å². The second-order valence-corrected chi connectivity index (χ2v) is 2.01. The van der Waals surface area contributed by atoms with Gasteiger partial charge in [0.25, 0.3) is 0 Å².